The molecule has 3 rings (SSSR count). The molecule has 8 nitrogen and oxygen atoms in total. The summed E-state index contributed by atoms with van der Waals surface area (Å²) in [6, 6.07) is 17.7. The molecule has 0 heterocycles. The Morgan fingerprint density at radius 1 is 0.889 bits per heavy atom. The normalized spacial score (nSPS) is 10.7. The van der Waals surface area contributed by atoms with Crippen molar-refractivity contribution in [3.05, 3.63) is 81.8 Å². The van der Waals surface area contributed by atoms with E-state index in [0.717, 1.165) is 10.0 Å². The van der Waals surface area contributed by atoms with Gasteiger partial charge in [0.05, 0.1) is 19.4 Å². The topological polar surface area (TPSA) is 98.3 Å². The number of hydrogen-bond acceptors (Lipinski definition) is 6. The van der Waals surface area contributed by atoms with Crippen molar-refractivity contribution in [2.45, 2.75) is 20.8 Å². The van der Waals surface area contributed by atoms with Crippen molar-refractivity contribution >= 4 is 39.6 Å². The molecule has 188 valence electrons. The van der Waals surface area contributed by atoms with Gasteiger partial charge in [-0.05, 0) is 69.3 Å². The van der Waals surface area contributed by atoms with Crippen LogP contribution in [0.2, 0.25) is 0 Å². The number of ether oxygens (including phenoxy) is 3. The number of anilines is 1. The molecule has 0 saturated heterocycles. The van der Waals surface area contributed by atoms with Crippen LogP contribution in [0.3, 0.4) is 0 Å². The SMILES string of the molecule is CCOc1ccc(C(=O)N/N=C/c2cc(Br)ccc2OCC(=O)Nc2ccc(C)cc2)cc1OCC. The predicted molar refractivity (Wildman–Crippen MR) is 143 cm³/mol. The zero-order valence-corrected chi connectivity index (χ0v) is 21.9. The van der Waals surface area contributed by atoms with Crippen molar-refractivity contribution < 1.29 is 23.8 Å². The zero-order chi connectivity index (χ0) is 25.9. The lowest BCUT2D eigenvalue weighted by molar-refractivity contribution is -0.118. The Balaban J connectivity index is 1.64. The number of halogens is 1. The molecule has 3 aromatic rings. The van der Waals surface area contributed by atoms with Gasteiger partial charge in [0.25, 0.3) is 11.8 Å². The van der Waals surface area contributed by atoms with Gasteiger partial charge < -0.3 is 19.5 Å². The first-order chi connectivity index (χ1) is 17.4. The molecule has 2 N–H and O–H groups in total. The number of aryl methyl sites for hydroxylation is 1. The van der Waals surface area contributed by atoms with Crippen LogP contribution in [-0.2, 0) is 4.79 Å². The van der Waals surface area contributed by atoms with Crippen LogP contribution in [-0.4, -0.2) is 37.8 Å². The van der Waals surface area contributed by atoms with Crippen LogP contribution in [0.1, 0.15) is 35.3 Å². The summed E-state index contributed by atoms with van der Waals surface area (Å²) in [5.41, 5.74) is 5.25. The summed E-state index contributed by atoms with van der Waals surface area (Å²) in [4.78, 5) is 24.9. The monoisotopic (exact) mass is 553 g/mol. The van der Waals surface area contributed by atoms with E-state index in [1.807, 2.05) is 45.0 Å². The van der Waals surface area contributed by atoms with Crippen LogP contribution in [0.5, 0.6) is 17.2 Å². The van der Waals surface area contributed by atoms with Crippen LogP contribution in [0.15, 0.2) is 70.2 Å². The molecule has 0 saturated carbocycles. The Labute approximate surface area is 218 Å². The number of amides is 2. The maximum atomic E-state index is 12.6. The first kappa shape index (κ1) is 26.7. The van der Waals surface area contributed by atoms with E-state index in [0.29, 0.717) is 47.3 Å². The Bertz CT molecular complexity index is 1230. The Morgan fingerprint density at radius 2 is 1.58 bits per heavy atom. The standard InChI is InChI=1S/C27H28BrN3O5/c1-4-34-24-12-8-19(15-25(24)35-5-2)27(33)31-29-16-20-14-21(28)9-13-23(20)36-17-26(32)30-22-10-6-18(3)7-11-22/h6-16H,4-5,17H2,1-3H3,(H,30,32)(H,31,33)/b29-16+. The number of hydrogen-bond donors (Lipinski definition) is 2. The first-order valence-corrected chi connectivity index (χ1v) is 12.2. The van der Waals surface area contributed by atoms with Crippen molar-refractivity contribution in [3.8, 4) is 17.2 Å². The molecule has 3 aromatic carbocycles. The lowest BCUT2D eigenvalue weighted by atomic mass is 10.2. The van der Waals surface area contributed by atoms with Crippen molar-refractivity contribution in [3.63, 3.8) is 0 Å². The molecule has 0 unspecified atom stereocenters. The van der Waals surface area contributed by atoms with E-state index in [4.69, 9.17) is 14.2 Å². The van der Waals surface area contributed by atoms with Crippen molar-refractivity contribution in [1.29, 1.82) is 0 Å². The lowest BCUT2D eigenvalue weighted by Crippen LogP contribution is -2.20. The molecular weight excluding hydrogens is 526 g/mol. The summed E-state index contributed by atoms with van der Waals surface area (Å²) in [7, 11) is 0. The minimum atomic E-state index is -0.412. The highest BCUT2D eigenvalue weighted by Gasteiger charge is 2.12. The quantitative estimate of drug-likeness (QED) is 0.247. The molecule has 0 bridgehead atoms. The van der Waals surface area contributed by atoms with Crippen molar-refractivity contribution in [2.75, 3.05) is 25.1 Å². The fourth-order valence-electron chi connectivity index (χ4n) is 3.15. The van der Waals surface area contributed by atoms with Gasteiger partial charge in [-0.1, -0.05) is 33.6 Å². The maximum absolute atomic E-state index is 12.6. The average Bonchev–Trinajstić information content (AvgIpc) is 2.86. The number of carbonyl (C=O) groups excluding carboxylic acids is 2. The number of nitrogens with one attached hydrogen (secondary N) is 2. The third-order valence-electron chi connectivity index (χ3n) is 4.84. The fraction of sp³-hybridized carbons (Fsp3) is 0.222. The van der Waals surface area contributed by atoms with Gasteiger partial charge in [0.2, 0.25) is 0 Å². The van der Waals surface area contributed by atoms with E-state index >= 15 is 0 Å². The minimum absolute atomic E-state index is 0.185. The van der Waals surface area contributed by atoms with Crippen LogP contribution >= 0.6 is 15.9 Å². The fourth-order valence-corrected chi connectivity index (χ4v) is 3.53. The summed E-state index contributed by atoms with van der Waals surface area (Å²) < 4.78 is 17.6. The summed E-state index contributed by atoms with van der Waals surface area (Å²) in [6.07, 6.45) is 1.45. The number of hydrazone groups is 1. The largest absolute Gasteiger partial charge is 0.490 e. The average molecular weight is 554 g/mol. The maximum Gasteiger partial charge on any atom is 0.271 e. The smallest absolute Gasteiger partial charge is 0.271 e. The van der Waals surface area contributed by atoms with Gasteiger partial charge in [-0.2, -0.15) is 5.10 Å². The minimum Gasteiger partial charge on any atom is -0.490 e. The molecule has 0 radical (unpaired) electrons. The highest BCUT2D eigenvalue weighted by Crippen LogP contribution is 2.28. The molecule has 0 atom stereocenters. The molecule has 0 aliphatic rings. The Hall–Kier alpha value is -3.85. The summed E-state index contributed by atoms with van der Waals surface area (Å²) in [5.74, 6) is 0.794. The molecular formula is C27H28BrN3O5. The van der Waals surface area contributed by atoms with E-state index in [9.17, 15) is 9.59 Å². The summed E-state index contributed by atoms with van der Waals surface area (Å²) in [6.45, 7) is 6.45. The van der Waals surface area contributed by atoms with Gasteiger partial charge in [-0.3, -0.25) is 9.59 Å². The van der Waals surface area contributed by atoms with Crippen LogP contribution in [0.25, 0.3) is 0 Å². The van der Waals surface area contributed by atoms with Gasteiger partial charge in [0.15, 0.2) is 18.1 Å². The third-order valence-corrected chi connectivity index (χ3v) is 5.33. The van der Waals surface area contributed by atoms with Crippen LogP contribution in [0.4, 0.5) is 5.69 Å². The highest BCUT2D eigenvalue weighted by molar-refractivity contribution is 9.10. The van der Waals surface area contributed by atoms with E-state index < -0.39 is 5.91 Å². The van der Waals surface area contributed by atoms with Crippen molar-refractivity contribution in [2.24, 2.45) is 5.10 Å². The number of nitrogens with zero attached hydrogens (tertiary/aromatic N) is 1. The molecule has 0 fully saturated rings. The Morgan fingerprint density at radius 3 is 2.31 bits per heavy atom. The second kappa shape index (κ2) is 13.3. The second-order valence-electron chi connectivity index (χ2n) is 7.61. The van der Waals surface area contributed by atoms with Gasteiger partial charge in [0.1, 0.15) is 5.75 Å². The molecule has 0 aliphatic heterocycles. The molecule has 0 spiro atoms. The molecule has 2 amide bonds. The van der Waals surface area contributed by atoms with Gasteiger partial charge >= 0.3 is 0 Å². The molecule has 36 heavy (non-hydrogen) atoms. The van der Waals surface area contributed by atoms with E-state index in [-0.39, 0.29) is 12.5 Å². The second-order valence-corrected chi connectivity index (χ2v) is 8.53. The highest BCUT2D eigenvalue weighted by atomic mass is 79.9. The third kappa shape index (κ3) is 7.84. The van der Waals surface area contributed by atoms with Gasteiger partial charge in [0, 0.05) is 21.3 Å². The first-order valence-electron chi connectivity index (χ1n) is 11.4. The Kier molecular flexibility index (Phi) is 9.88. The summed E-state index contributed by atoms with van der Waals surface area (Å²) in [5, 5.41) is 6.85. The van der Waals surface area contributed by atoms with E-state index in [2.05, 4.69) is 31.8 Å². The molecule has 0 aromatic heterocycles. The van der Waals surface area contributed by atoms with Crippen LogP contribution < -0.4 is 25.0 Å². The number of carbonyl (C=O) groups is 2. The lowest BCUT2D eigenvalue weighted by Gasteiger charge is -2.12. The van der Waals surface area contributed by atoms with Crippen molar-refractivity contribution in [1.82, 2.24) is 5.43 Å². The molecule has 0 aliphatic carbocycles. The van der Waals surface area contributed by atoms with Crippen LogP contribution in [0, 0.1) is 6.92 Å². The zero-order valence-electron chi connectivity index (χ0n) is 20.3. The molecule has 9 heteroatoms. The van der Waals surface area contributed by atoms with Gasteiger partial charge in [-0.15, -0.1) is 0 Å². The summed E-state index contributed by atoms with van der Waals surface area (Å²) >= 11 is 3.42. The van der Waals surface area contributed by atoms with E-state index in [1.54, 1.807) is 36.4 Å². The van der Waals surface area contributed by atoms with E-state index in [1.165, 1.54) is 6.21 Å². The number of rotatable bonds is 11. The predicted octanol–water partition coefficient (Wildman–Crippen LogP) is 5.34. The van der Waals surface area contributed by atoms with Gasteiger partial charge in [-0.25, -0.2) is 5.43 Å². The number of benzene rings is 3.